The van der Waals surface area contributed by atoms with E-state index in [0.717, 1.165) is 16.8 Å². The van der Waals surface area contributed by atoms with E-state index in [0.29, 0.717) is 12.6 Å². The monoisotopic (exact) mass is 257 g/mol. The van der Waals surface area contributed by atoms with Crippen LogP contribution in [0.3, 0.4) is 0 Å². The highest BCUT2D eigenvalue weighted by Crippen LogP contribution is 2.23. The van der Waals surface area contributed by atoms with Crippen LogP contribution in [0, 0.1) is 0 Å². The first-order chi connectivity index (χ1) is 6.70. The Balaban J connectivity index is 2.28. The van der Waals surface area contributed by atoms with Crippen molar-refractivity contribution in [2.24, 2.45) is 0 Å². The van der Waals surface area contributed by atoms with Gasteiger partial charge in [0.1, 0.15) is 12.4 Å². The number of hydrogen-bond acceptors (Lipinski definition) is 2. The highest BCUT2D eigenvalue weighted by Gasteiger charge is 1.98. The summed E-state index contributed by atoms with van der Waals surface area (Å²) in [6.45, 7) is 5.82. The fraction of sp³-hybridized carbons (Fsp3) is 0.455. The van der Waals surface area contributed by atoms with Crippen molar-refractivity contribution in [1.29, 1.82) is 0 Å². The molecule has 1 rings (SSSR count). The molecule has 1 aromatic carbocycles. The SMILES string of the molecule is CC(C)NCCOc1ccccc1Br. The Bertz CT molecular complexity index is 276. The summed E-state index contributed by atoms with van der Waals surface area (Å²) in [5.74, 6) is 0.901. The standard InChI is InChI=1S/C11H16BrNO/c1-9(2)13-7-8-14-11-6-4-3-5-10(11)12/h3-6,9,13H,7-8H2,1-2H3. The van der Waals surface area contributed by atoms with Gasteiger partial charge in [-0.1, -0.05) is 26.0 Å². The molecule has 0 aliphatic carbocycles. The van der Waals surface area contributed by atoms with Gasteiger partial charge in [-0.2, -0.15) is 0 Å². The van der Waals surface area contributed by atoms with E-state index in [1.165, 1.54) is 0 Å². The maximum absolute atomic E-state index is 5.58. The fourth-order valence-electron chi connectivity index (χ4n) is 1.07. The van der Waals surface area contributed by atoms with Crippen molar-refractivity contribution in [3.8, 4) is 5.75 Å². The summed E-state index contributed by atoms with van der Waals surface area (Å²) < 4.78 is 6.58. The van der Waals surface area contributed by atoms with E-state index in [4.69, 9.17) is 4.74 Å². The number of halogens is 1. The van der Waals surface area contributed by atoms with E-state index < -0.39 is 0 Å². The van der Waals surface area contributed by atoms with Gasteiger partial charge in [-0.25, -0.2) is 0 Å². The van der Waals surface area contributed by atoms with Crippen molar-refractivity contribution in [2.45, 2.75) is 19.9 Å². The largest absolute Gasteiger partial charge is 0.491 e. The van der Waals surface area contributed by atoms with Crippen LogP contribution < -0.4 is 10.1 Å². The predicted octanol–water partition coefficient (Wildman–Crippen LogP) is 2.83. The molecule has 0 aliphatic heterocycles. The summed E-state index contributed by atoms with van der Waals surface area (Å²) in [4.78, 5) is 0. The van der Waals surface area contributed by atoms with Crippen molar-refractivity contribution in [1.82, 2.24) is 5.32 Å². The van der Waals surface area contributed by atoms with Gasteiger partial charge in [-0.3, -0.25) is 0 Å². The van der Waals surface area contributed by atoms with Gasteiger partial charge in [0.2, 0.25) is 0 Å². The minimum absolute atomic E-state index is 0.512. The summed E-state index contributed by atoms with van der Waals surface area (Å²) in [6, 6.07) is 8.39. The average Bonchev–Trinajstić information content (AvgIpc) is 2.15. The lowest BCUT2D eigenvalue weighted by Crippen LogP contribution is -2.27. The number of nitrogens with one attached hydrogen (secondary N) is 1. The zero-order chi connectivity index (χ0) is 10.4. The number of hydrogen-bond donors (Lipinski definition) is 1. The lowest BCUT2D eigenvalue weighted by atomic mass is 10.3. The van der Waals surface area contributed by atoms with Crippen molar-refractivity contribution in [2.75, 3.05) is 13.2 Å². The smallest absolute Gasteiger partial charge is 0.133 e. The lowest BCUT2D eigenvalue weighted by molar-refractivity contribution is 0.307. The zero-order valence-electron chi connectivity index (χ0n) is 8.59. The molecule has 0 aliphatic rings. The molecule has 14 heavy (non-hydrogen) atoms. The minimum Gasteiger partial charge on any atom is -0.491 e. The molecular formula is C11H16BrNO. The van der Waals surface area contributed by atoms with Crippen molar-refractivity contribution < 1.29 is 4.74 Å². The number of benzene rings is 1. The molecule has 0 heterocycles. The van der Waals surface area contributed by atoms with E-state index in [1.54, 1.807) is 0 Å². The third kappa shape index (κ3) is 4.11. The van der Waals surface area contributed by atoms with Crippen LogP contribution in [0.2, 0.25) is 0 Å². The molecule has 0 spiro atoms. The maximum atomic E-state index is 5.58. The minimum atomic E-state index is 0.512. The van der Waals surface area contributed by atoms with Gasteiger partial charge in [0.15, 0.2) is 0 Å². The number of ether oxygens (including phenoxy) is 1. The Morgan fingerprint density at radius 3 is 2.71 bits per heavy atom. The molecule has 0 aromatic heterocycles. The van der Waals surface area contributed by atoms with Crippen molar-refractivity contribution in [3.05, 3.63) is 28.7 Å². The second-order valence-corrected chi connectivity index (χ2v) is 4.24. The first-order valence-electron chi connectivity index (χ1n) is 4.81. The van der Waals surface area contributed by atoms with E-state index in [1.807, 2.05) is 24.3 Å². The Hall–Kier alpha value is -0.540. The zero-order valence-corrected chi connectivity index (χ0v) is 10.2. The van der Waals surface area contributed by atoms with Gasteiger partial charge in [0.05, 0.1) is 4.47 Å². The summed E-state index contributed by atoms with van der Waals surface area (Å²) in [5.41, 5.74) is 0. The van der Waals surface area contributed by atoms with Gasteiger partial charge in [0, 0.05) is 12.6 Å². The van der Waals surface area contributed by atoms with Crippen LogP contribution in [0.4, 0.5) is 0 Å². The Kier molecular flexibility index (Phi) is 4.98. The number of para-hydroxylation sites is 1. The molecule has 0 atom stereocenters. The van der Waals surface area contributed by atoms with E-state index in [2.05, 4.69) is 35.1 Å². The molecule has 78 valence electrons. The second kappa shape index (κ2) is 6.04. The first kappa shape index (κ1) is 11.5. The lowest BCUT2D eigenvalue weighted by Gasteiger charge is -2.10. The van der Waals surface area contributed by atoms with Gasteiger partial charge >= 0.3 is 0 Å². The van der Waals surface area contributed by atoms with Crippen LogP contribution in [0.25, 0.3) is 0 Å². The second-order valence-electron chi connectivity index (χ2n) is 3.39. The van der Waals surface area contributed by atoms with Crippen LogP contribution in [-0.4, -0.2) is 19.2 Å². The Morgan fingerprint density at radius 1 is 1.36 bits per heavy atom. The van der Waals surface area contributed by atoms with E-state index >= 15 is 0 Å². The molecule has 0 saturated heterocycles. The molecule has 1 aromatic rings. The van der Waals surface area contributed by atoms with Gasteiger partial charge in [-0.05, 0) is 28.1 Å². The quantitative estimate of drug-likeness (QED) is 0.820. The molecule has 0 fully saturated rings. The first-order valence-corrected chi connectivity index (χ1v) is 5.60. The maximum Gasteiger partial charge on any atom is 0.133 e. The van der Waals surface area contributed by atoms with Crippen molar-refractivity contribution >= 4 is 15.9 Å². The third-order valence-electron chi connectivity index (χ3n) is 1.75. The molecule has 1 N–H and O–H groups in total. The topological polar surface area (TPSA) is 21.3 Å². The van der Waals surface area contributed by atoms with E-state index in [9.17, 15) is 0 Å². The normalized spacial score (nSPS) is 10.6. The molecule has 0 radical (unpaired) electrons. The molecule has 0 saturated carbocycles. The van der Waals surface area contributed by atoms with Gasteiger partial charge in [-0.15, -0.1) is 0 Å². The Labute approximate surface area is 93.8 Å². The predicted molar refractivity (Wildman–Crippen MR) is 62.8 cm³/mol. The van der Waals surface area contributed by atoms with Crippen LogP contribution in [-0.2, 0) is 0 Å². The fourth-order valence-corrected chi connectivity index (χ4v) is 1.47. The molecule has 2 nitrogen and oxygen atoms in total. The average molecular weight is 258 g/mol. The van der Waals surface area contributed by atoms with Crippen LogP contribution in [0.1, 0.15) is 13.8 Å². The Morgan fingerprint density at radius 2 is 2.07 bits per heavy atom. The summed E-state index contributed by atoms with van der Waals surface area (Å²) in [6.07, 6.45) is 0. The van der Waals surface area contributed by atoms with Crippen LogP contribution in [0.15, 0.2) is 28.7 Å². The molecular weight excluding hydrogens is 242 g/mol. The number of rotatable bonds is 5. The van der Waals surface area contributed by atoms with E-state index in [-0.39, 0.29) is 0 Å². The highest BCUT2D eigenvalue weighted by molar-refractivity contribution is 9.10. The molecule has 0 bridgehead atoms. The van der Waals surface area contributed by atoms with Crippen LogP contribution in [0.5, 0.6) is 5.75 Å². The molecule has 3 heteroatoms. The van der Waals surface area contributed by atoms with Crippen LogP contribution >= 0.6 is 15.9 Å². The molecule has 0 amide bonds. The highest BCUT2D eigenvalue weighted by atomic mass is 79.9. The summed E-state index contributed by atoms with van der Waals surface area (Å²) in [5, 5.41) is 3.29. The molecule has 0 unspecified atom stereocenters. The summed E-state index contributed by atoms with van der Waals surface area (Å²) in [7, 11) is 0. The van der Waals surface area contributed by atoms with Gasteiger partial charge < -0.3 is 10.1 Å². The summed E-state index contributed by atoms with van der Waals surface area (Å²) >= 11 is 3.43. The van der Waals surface area contributed by atoms with Crippen molar-refractivity contribution in [3.63, 3.8) is 0 Å². The van der Waals surface area contributed by atoms with Gasteiger partial charge in [0.25, 0.3) is 0 Å². The third-order valence-corrected chi connectivity index (χ3v) is 2.40.